The maximum absolute atomic E-state index is 14.2. The van der Waals surface area contributed by atoms with E-state index in [9.17, 15) is 17.6 Å². The summed E-state index contributed by atoms with van der Waals surface area (Å²) < 4.78 is 59.8. The second-order valence-corrected chi connectivity index (χ2v) is 17.5. The molecule has 4 aliphatic rings. The van der Waals surface area contributed by atoms with Crippen LogP contribution in [-0.2, 0) is 17.3 Å². The lowest BCUT2D eigenvalue weighted by Crippen LogP contribution is -2.43. The number of anilines is 7. The highest BCUT2D eigenvalue weighted by Crippen LogP contribution is 2.49. The predicted molar refractivity (Wildman–Crippen MR) is 225 cm³/mol. The van der Waals surface area contributed by atoms with Crippen molar-refractivity contribution in [1.29, 1.82) is 0 Å². The number of benzene rings is 2. The van der Waals surface area contributed by atoms with Crippen LogP contribution in [0.25, 0.3) is 0 Å². The normalized spacial score (nSPS) is 20.7. The van der Waals surface area contributed by atoms with E-state index in [0.29, 0.717) is 59.7 Å². The average molecular weight is 846 g/mol. The molecule has 2 atom stereocenters. The zero-order valence-corrected chi connectivity index (χ0v) is 35.4. The molecule has 3 aromatic heterocycles. The topological polar surface area (TPSA) is 120 Å². The summed E-state index contributed by atoms with van der Waals surface area (Å²) in [6.45, 7) is 11.4. The molecule has 17 heteroatoms. The first kappa shape index (κ1) is 41.2. The van der Waals surface area contributed by atoms with Gasteiger partial charge in [0.1, 0.15) is 29.1 Å². The van der Waals surface area contributed by atoms with E-state index in [1.165, 1.54) is 31.0 Å². The van der Waals surface area contributed by atoms with Crippen molar-refractivity contribution >= 4 is 51.9 Å². The Morgan fingerprint density at radius 1 is 0.717 bits per heavy atom. The number of nitrogens with zero attached hydrogens (tertiary/aromatic N) is 9. The lowest BCUT2D eigenvalue weighted by Gasteiger charge is -2.39. The van der Waals surface area contributed by atoms with Gasteiger partial charge in [0, 0.05) is 98.2 Å². The highest BCUT2D eigenvalue weighted by Gasteiger charge is 2.45. The van der Waals surface area contributed by atoms with Gasteiger partial charge in [-0.25, -0.2) is 32.5 Å². The van der Waals surface area contributed by atoms with Crippen LogP contribution in [0.2, 0.25) is 5.28 Å². The minimum absolute atomic E-state index is 0.105. The van der Waals surface area contributed by atoms with Crippen molar-refractivity contribution in [3.63, 3.8) is 0 Å². The van der Waals surface area contributed by atoms with Crippen molar-refractivity contribution in [2.45, 2.75) is 57.8 Å². The molecular weight excluding hydrogens is 798 g/mol. The third-order valence-corrected chi connectivity index (χ3v) is 12.5. The Morgan fingerprint density at radius 3 is 1.77 bits per heavy atom. The van der Waals surface area contributed by atoms with E-state index in [-0.39, 0.29) is 16.1 Å². The van der Waals surface area contributed by atoms with Crippen LogP contribution in [-0.4, -0.2) is 77.5 Å². The highest BCUT2D eigenvalue weighted by molar-refractivity contribution is 6.28. The van der Waals surface area contributed by atoms with Gasteiger partial charge in [0.15, 0.2) is 23.3 Å². The summed E-state index contributed by atoms with van der Waals surface area (Å²) in [6, 6.07) is 9.79. The molecule has 12 nitrogen and oxygen atoms in total. The summed E-state index contributed by atoms with van der Waals surface area (Å²) in [4.78, 5) is 24.8. The lowest BCUT2D eigenvalue weighted by atomic mass is 9.82. The first-order valence-corrected chi connectivity index (χ1v) is 20.4. The molecule has 5 aromatic rings. The van der Waals surface area contributed by atoms with Gasteiger partial charge in [-0.15, -0.1) is 5.10 Å². The molecule has 0 radical (unpaired) electrons. The zero-order chi connectivity index (χ0) is 42.7. The SMILES string of the molecule is CNc1nc(CC2C3CCC2CN(c2cnnc(OC)c2)C3)nc2c1C(C)(C)CN2c1ccc(F)c(F)c1.CNc1nc(Cl)nc2c1C(C)(C)CN2c1ccc(F)c(F)c1. The number of halogens is 5. The van der Waals surface area contributed by atoms with Crippen LogP contribution in [0.1, 0.15) is 57.5 Å². The van der Waals surface area contributed by atoms with Crippen molar-refractivity contribution in [1.82, 2.24) is 30.1 Å². The fraction of sp³-hybridized carbons (Fsp3) is 0.442. The number of rotatable bonds is 8. The maximum Gasteiger partial charge on any atom is 0.235 e. The van der Waals surface area contributed by atoms with E-state index in [2.05, 4.69) is 49.5 Å². The second-order valence-electron chi connectivity index (χ2n) is 17.2. The molecule has 316 valence electrons. The van der Waals surface area contributed by atoms with E-state index in [4.69, 9.17) is 26.3 Å². The van der Waals surface area contributed by atoms with Gasteiger partial charge >= 0.3 is 0 Å². The Labute approximate surface area is 351 Å². The molecule has 2 bridgehead atoms. The van der Waals surface area contributed by atoms with Crippen LogP contribution in [0.5, 0.6) is 5.88 Å². The second kappa shape index (κ2) is 15.8. The molecule has 2 N–H and O–H groups in total. The quantitative estimate of drug-likeness (QED) is 0.115. The summed E-state index contributed by atoms with van der Waals surface area (Å²) in [7, 11) is 5.24. The van der Waals surface area contributed by atoms with Crippen molar-refractivity contribution in [2.75, 3.05) is 72.7 Å². The molecule has 1 saturated heterocycles. The number of hydrogen-bond acceptors (Lipinski definition) is 12. The van der Waals surface area contributed by atoms with Crippen LogP contribution in [0.3, 0.4) is 0 Å². The van der Waals surface area contributed by atoms with E-state index in [1.807, 2.05) is 36.8 Å². The number of nitrogens with one attached hydrogen (secondary N) is 2. The number of methoxy groups -OCH3 is 1. The molecule has 2 unspecified atom stereocenters. The maximum atomic E-state index is 14.2. The Bertz CT molecular complexity index is 2420. The van der Waals surface area contributed by atoms with Crippen molar-refractivity contribution in [3.8, 4) is 5.88 Å². The van der Waals surface area contributed by atoms with E-state index in [1.54, 1.807) is 26.4 Å². The molecule has 60 heavy (non-hydrogen) atoms. The van der Waals surface area contributed by atoms with Crippen LogP contribution in [0.15, 0.2) is 48.7 Å². The first-order chi connectivity index (χ1) is 28.6. The van der Waals surface area contributed by atoms with Gasteiger partial charge < -0.3 is 30.1 Å². The van der Waals surface area contributed by atoms with Gasteiger partial charge in [0.25, 0.3) is 0 Å². The fourth-order valence-electron chi connectivity index (χ4n) is 9.54. The van der Waals surface area contributed by atoms with Gasteiger partial charge in [0.05, 0.1) is 19.0 Å². The molecule has 6 heterocycles. The smallest absolute Gasteiger partial charge is 0.235 e. The number of hydrogen-bond donors (Lipinski definition) is 2. The van der Waals surface area contributed by atoms with Crippen LogP contribution in [0, 0.1) is 41.0 Å². The van der Waals surface area contributed by atoms with E-state index < -0.39 is 23.3 Å². The monoisotopic (exact) mass is 845 g/mol. The van der Waals surface area contributed by atoms with Gasteiger partial charge in [0.2, 0.25) is 11.2 Å². The predicted octanol–water partition coefficient (Wildman–Crippen LogP) is 8.61. The Balaban J connectivity index is 0.000000193. The highest BCUT2D eigenvalue weighted by atomic mass is 35.5. The van der Waals surface area contributed by atoms with Crippen LogP contribution < -0.4 is 30.1 Å². The molecule has 9 rings (SSSR count). The summed E-state index contributed by atoms with van der Waals surface area (Å²) in [5, 5.41) is 14.5. The minimum atomic E-state index is -0.891. The van der Waals surface area contributed by atoms with Gasteiger partial charge in [-0.2, -0.15) is 10.1 Å². The Hall–Kier alpha value is -5.51. The number of fused-ring (bicyclic) bond motifs is 4. The average Bonchev–Trinajstić information content (AvgIpc) is 3.75. The molecular formula is C43H48ClF4N11O. The van der Waals surface area contributed by atoms with Gasteiger partial charge in [-0.05, 0) is 66.5 Å². The molecule has 3 aliphatic heterocycles. The van der Waals surface area contributed by atoms with Gasteiger partial charge in [-0.3, -0.25) is 0 Å². The summed E-state index contributed by atoms with van der Waals surface area (Å²) in [5.74, 6) is 2.21. The van der Waals surface area contributed by atoms with Crippen molar-refractivity contribution < 1.29 is 22.3 Å². The fourth-order valence-corrected chi connectivity index (χ4v) is 9.70. The number of aromatic nitrogens is 6. The number of ether oxygens (including phenoxy) is 1. The summed E-state index contributed by atoms with van der Waals surface area (Å²) in [5.41, 5.74) is 3.56. The lowest BCUT2D eigenvalue weighted by molar-refractivity contribution is 0.265. The number of piperidine rings is 1. The Kier molecular flexibility index (Phi) is 10.9. The molecule has 2 fully saturated rings. The first-order valence-electron chi connectivity index (χ1n) is 20.0. The van der Waals surface area contributed by atoms with Crippen molar-refractivity contribution in [3.05, 3.63) is 94.2 Å². The zero-order valence-electron chi connectivity index (χ0n) is 34.6. The molecule has 0 spiro atoms. The molecule has 1 aliphatic carbocycles. The summed E-state index contributed by atoms with van der Waals surface area (Å²) >= 11 is 5.99. The molecule has 1 saturated carbocycles. The standard InChI is InChI=1S/C28H33F2N7O.C15H15ClF2N4/c1-28(2)15-37(18-7-8-21(29)22(30)9-18)27-25(28)26(31-3)33-23(34-27)11-20-16-5-6-17(20)14-36(13-16)19-10-24(38-4)35-32-12-19;1-15(2)7-22(8-4-5-9(17)10(18)6-8)13-11(15)12(19-3)20-14(16)21-13/h7-10,12,16-17,20H,5-6,11,13-15H2,1-4H3,(H,31,33,34);4-6H,7H2,1-3H3,(H,19,20,21). The Morgan fingerprint density at radius 2 is 1.25 bits per heavy atom. The molecule has 0 amide bonds. The molecule has 2 aromatic carbocycles. The largest absolute Gasteiger partial charge is 0.480 e. The third-order valence-electron chi connectivity index (χ3n) is 12.3. The van der Waals surface area contributed by atoms with Gasteiger partial charge in [-0.1, -0.05) is 27.7 Å². The van der Waals surface area contributed by atoms with Crippen molar-refractivity contribution in [2.24, 2.45) is 17.8 Å². The van der Waals surface area contributed by atoms with Crippen LogP contribution in [0.4, 0.5) is 57.9 Å². The summed E-state index contributed by atoms with van der Waals surface area (Å²) in [6.07, 6.45) is 4.95. The third kappa shape index (κ3) is 7.58. The van der Waals surface area contributed by atoms with E-state index >= 15 is 0 Å². The van der Waals surface area contributed by atoms with E-state index in [0.717, 1.165) is 65.9 Å². The van der Waals surface area contributed by atoms with Crippen LogP contribution >= 0.6 is 11.6 Å². The minimum Gasteiger partial charge on any atom is -0.480 e.